The molecule has 0 aromatic carbocycles. The Labute approximate surface area is 113 Å². The van der Waals surface area contributed by atoms with Gasteiger partial charge in [-0.25, -0.2) is 0 Å². The first-order valence-electron chi connectivity index (χ1n) is 6.77. The molecule has 0 saturated heterocycles. The van der Waals surface area contributed by atoms with Crippen LogP contribution in [-0.4, -0.2) is 31.3 Å². The summed E-state index contributed by atoms with van der Waals surface area (Å²) in [4.78, 5) is 0. The third-order valence-electron chi connectivity index (χ3n) is 3.23. The lowest BCUT2D eigenvalue weighted by Crippen LogP contribution is -2.25. The molecule has 0 bridgehead atoms. The minimum absolute atomic E-state index is 0.101. The van der Waals surface area contributed by atoms with Gasteiger partial charge in [0, 0.05) is 25.9 Å². The zero-order valence-corrected chi connectivity index (χ0v) is 12.1. The third kappa shape index (κ3) is 2.84. The Bertz CT molecular complexity index is 527. The molecular formula is C13H22N6. The lowest BCUT2D eigenvalue weighted by atomic mass is 10.0. The van der Waals surface area contributed by atoms with E-state index in [0.29, 0.717) is 0 Å². The molecule has 1 N–H and O–H groups in total. The number of aryl methyl sites for hydroxylation is 3. The number of aromatic nitrogens is 5. The van der Waals surface area contributed by atoms with Crippen LogP contribution in [-0.2, 0) is 20.5 Å². The first-order chi connectivity index (χ1) is 9.17. The fourth-order valence-electron chi connectivity index (χ4n) is 2.29. The Hall–Kier alpha value is -1.69. The van der Waals surface area contributed by atoms with Crippen LogP contribution >= 0.6 is 0 Å². The molecular weight excluding hydrogens is 240 g/mol. The summed E-state index contributed by atoms with van der Waals surface area (Å²) < 4.78 is 3.69. The third-order valence-corrected chi connectivity index (χ3v) is 3.23. The maximum absolute atomic E-state index is 4.52. The lowest BCUT2D eigenvalue weighted by Gasteiger charge is -2.18. The fraction of sp³-hybridized carbons (Fsp3) is 0.615. The number of hydrogen-bond acceptors (Lipinski definition) is 4. The normalized spacial score (nSPS) is 12.8. The van der Waals surface area contributed by atoms with E-state index in [9.17, 15) is 0 Å². The monoisotopic (exact) mass is 262 g/mol. The summed E-state index contributed by atoms with van der Waals surface area (Å²) in [6.45, 7) is 5.24. The summed E-state index contributed by atoms with van der Waals surface area (Å²) in [5.41, 5.74) is 3.40. The Kier molecular flexibility index (Phi) is 4.31. The van der Waals surface area contributed by atoms with Crippen LogP contribution < -0.4 is 5.32 Å². The minimum atomic E-state index is 0.101. The van der Waals surface area contributed by atoms with Gasteiger partial charge in [0.25, 0.3) is 0 Å². The highest BCUT2D eigenvalue weighted by molar-refractivity contribution is 5.28. The van der Waals surface area contributed by atoms with Crippen molar-refractivity contribution in [3.63, 3.8) is 0 Å². The van der Waals surface area contributed by atoms with E-state index in [4.69, 9.17) is 0 Å². The Balaban J connectivity index is 2.39. The van der Waals surface area contributed by atoms with E-state index in [1.165, 1.54) is 5.56 Å². The molecule has 0 spiro atoms. The van der Waals surface area contributed by atoms with Crippen LogP contribution in [0, 0.1) is 0 Å². The molecule has 0 aliphatic rings. The highest BCUT2D eigenvalue weighted by Gasteiger charge is 2.22. The summed E-state index contributed by atoms with van der Waals surface area (Å²) in [5.74, 6) is 0. The molecule has 1 unspecified atom stereocenters. The molecule has 2 heterocycles. The Morgan fingerprint density at radius 2 is 2.11 bits per heavy atom. The molecule has 6 heteroatoms. The van der Waals surface area contributed by atoms with Crippen LogP contribution in [0.2, 0.25) is 0 Å². The molecule has 0 radical (unpaired) electrons. The van der Waals surface area contributed by atoms with E-state index in [-0.39, 0.29) is 6.04 Å². The zero-order chi connectivity index (χ0) is 13.8. The van der Waals surface area contributed by atoms with Crippen molar-refractivity contribution < 1.29 is 0 Å². The van der Waals surface area contributed by atoms with E-state index in [2.05, 4.69) is 40.8 Å². The van der Waals surface area contributed by atoms with Crippen molar-refractivity contribution in [2.45, 2.75) is 32.7 Å². The van der Waals surface area contributed by atoms with Crippen molar-refractivity contribution in [3.05, 3.63) is 29.3 Å². The predicted octanol–water partition coefficient (Wildman–Crippen LogP) is 1.20. The molecule has 1 atom stereocenters. The second kappa shape index (κ2) is 5.97. The largest absolute Gasteiger partial charge is 0.305 e. The van der Waals surface area contributed by atoms with E-state index >= 15 is 0 Å². The summed E-state index contributed by atoms with van der Waals surface area (Å²) in [7, 11) is 3.88. The molecule has 0 aliphatic heterocycles. The molecule has 2 aromatic rings. The quantitative estimate of drug-likeness (QED) is 0.850. The SMILES string of the molecule is CCCNC(c1cn(C)nc1CC)c1cnnn1C. The number of nitrogens with one attached hydrogen (secondary N) is 1. The first-order valence-corrected chi connectivity index (χ1v) is 6.77. The van der Waals surface area contributed by atoms with Gasteiger partial charge in [0.1, 0.15) is 0 Å². The van der Waals surface area contributed by atoms with Gasteiger partial charge in [0.2, 0.25) is 0 Å². The van der Waals surface area contributed by atoms with Gasteiger partial charge in [-0.05, 0) is 19.4 Å². The van der Waals surface area contributed by atoms with E-state index < -0.39 is 0 Å². The minimum Gasteiger partial charge on any atom is -0.305 e. The topological polar surface area (TPSA) is 60.6 Å². The van der Waals surface area contributed by atoms with Crippen molar-refractivity contribution in [2.75, 3.05) is 6.54 Å². The Morgan fingerprint density at radius 1 is 1.32 bits per heavy atom. The van der Waals surface area contributed by atoms with Gasteiger partial charge < -0.3 is 5.32 Å². The van der Waals surface area contributed by atoms with Gasteiger partial charge in [-0.15, -0.1) is 5.10 Å². The summed E-state index contributed by atoms with van der Waals surface area (Å²) in [5, 5.41) is 16.1. The highest BCUT2D eigenvalue weighted by atomic mass is 15.4. The van der Waals surface area contributed by atoms with Crippen molar-refractivity contribution >= 4 is 0 Å². The molecule has 2 aromatic heterocycles. The van der Waals surface area contributed by atoms with Gasteiger partial charge in [0.15, 0.2) is 0 Å². The van der Waals surface area contributed by atoms with Crippen LogP contribution in [0.3, 0.4) is 0 Å². The number of hydrogen-bond donors (Lipinski definition) is 1. The Morgan fingerprint density at radius 3 is 2.68 bits per heavy atom. The van der Waals surface area contributed by atoms with Crippen LogP contribution in [0.4, 0.5) is 0 Å². The number of rotatable bonds is 6. The smallest absolute Gasteiger partial charge is 0.0799 e. The average molecular weight is 262 g/mol. The van der Waals surface area contributed by atoms with Gasteiger partial charge in [-0.2, -0.15) is 5.10 Å². The molecule has 104 valence electrons. The molecule has 2 rings (SSSR count). The van der Waals surface area contributed by atoms with Crippen molar-refractivity contribution in [1.29, 1.82) is 0 Å². The van der Waals surface area contributed by atoms with Gasteiger partial charge in [0.05, 0.1) is 23.6 Å². The maximum atomic E-state index is 4.52. The maximum Gasteiger partial charge on any atom is 0.0799 e. The summed E-state index contributed by atoms with van der Waals surface area (Å²) in [6.07, 6.45) is 5.91. The van der Waals surface area contributed by atoms with Gasteiger partial charge >= 0.3 is 0 Å². The number of nitrogens with zero attached hydrogens (tertiary/aromatic N) is 5. The van der Waals surface area contributed by atoms with Gasteiger partial charge in [-0.1, -0.05) is 19.1 Å². The van der Waals surface area contributed by atoms with Crippen LogP contribution in [0.5, 0.6) is 0 Å². The van der Waals surface area contributed by atoms with Crippen LogP contribution in [0.1, 0.15) is 43.3 Å². The van der Waals surface area contributed by atoms with Crippen molar-refractivity contribution in [2.24, 2.45) is 14.1 Å². The summed E-state index contributed by atoms with van der Waals surface area (Å²) >= 11 is 0. The predicted molar refractivity (Wildman–Crippen MR) is 73.7 cm³/mol. The zero-order valence-electron chi connectivity index (χ0n) is 12.1. The molecule has 19 heavy (non-hydrogen) atoms. The highest BCUT2D eigenvalue weighted by Crippen LogP contribution is 2.24. The van der Waals surface area contributed by atoms with Crippen molar-refractivity contribution in [1.82, 2.24) is 30.1 Å². The van der Waals surface area contributed by atoms with E-state index in [1.54, 1.807) is 0 Å². The standard InChI is InChI=1S/C13H22N6/c1-5-7-14-13(12-8-15-17-19(12)4)10-9-18(3)16-11(10)6-2/h8-9,13-14H,5-7H2,1-4H3. The summed E-state index contributed by atoms with van der Waals surface area (Å²) in [6, 6.07) is 0.101. The molecule has 0 fully saturated rings. The fourth-order valence-corrected chi connectivity index (χ4v) is 2.29. The molecule has 6 nitrogen and oxygen atoms in total. The second-order valence-electron chi connectivity index (χ2n) is 4.73. The second-order valence-corrected chi connectivity index (χ2v) is 4.73. The molecule has 0 aliphatic carbocycles. The first kappa shape index (κ1) is 13.7. The lowest BCUT2D eigenvalue weighted by molar-refractivity contribution is 0.547. The van der Waals surface area contributed by atoms with E-state index in [0.717, 1.165) is 30.8 Å². The van der Waals surface area contributed by atoms with Crippen LogP contribution in [0.15, 0.2) is 12.4 Å². The average Bonchev–Trinajstić information content (AvgIpc) is 2.97. The van der Waals surface area contributed by atoms with Gasteiger partial charge in [-0.3, -0.25) is 9.36 Å². The van der Waals surface area contributed by atoms with Crippen LogP contribution in [0.25, 0.3) is 0 Å². The van der Waals surface area contributed by atoms with Crippen molar-refractivity contribution in [3.8, 4) is 0 Å². The molecule has 0 amide bonds. The van der Waals surface area contributed by atoms with E-state index in [1.807, 2.05) is 29.7 Å². The molecule has 0 saturated carbocycles.